The van der Waals surface area contributed by atoms with Gasteiger partial charge in [0.05, 0.1) is 14.2 Å². The van der Waals surface area contributed by atoms with Crippen LogP contribution in [0.3, 0.4) is 0 Å². The predicted molar refractivity (Wildman–Crippen MR) is 128 cm³/mol. The lowest BCUT2D eigenvalue weighted by Gasteiger charge is -2.22. The molecule has 0 radical (unpaired) electrons. The fourth-order valence-corrected chi connectivity index (χ4v) is 3.51. The minimum absolute atomic E-state index is 0.151. The number of methoxy groups -OCH3 is 2. The number of amides is 2. The number of rotatable bonds is 11. The third-order valence-electron chi connectivity index (χ3n) is 5.32. The van der Waals surface area contributed by atoms with Crippen molar-refractivity contribution in [1.29, 1.82) is 0 Å². The maximum absolute atomic E-state index is 12.7. The summed E-state index contributed by atoms with van der Waals surface area (Å²) in [5, 5.41) is 5.91. The van der Waals surface area contributed by atoms with Crippen molar-refractivity contribution in [2.45, 2.75) is 31.8 Å². The molecular weight excluding hydrogens is 416 g/mol. The van der Waals surface area contributed by atoms with E-state index in [1.165, 1.54) is 0 Å². The molecule has 0 atom stereocenters. The van der Waals surface area contributed by atoms with Crippen molar-refractivity contribution in [3.05, 3.63) is 95.6 Å². The van der Waals surface area contributed by atoms with E-state index >= 15 is 0 Å². The van der Waals surface area contributed by atoms with Crippen LogP contribution in [0, 0.1) is 0 Å². The van der Waals surface area contributed by atoms with Gasteiger partial charge in [-0.05, 0) is 41.7 Å². The summed E-state index contributed by atoms with van der Waals surface area (Å²) in [6, 6.07) is 25.0. The lowest BCUT2D eigenvalue weighted by molar-refractivity contribution is -0.124. The summed E-state index contributed by atoms with van der Waals surface area (Å²) in [6.07, 6.45) is 1.18. The van der Waals surface area contributed by atoms with Gasteiger partial charge >= 0.3 is 0 Å². The Bertz CT molecular complexity index is 981. The van der Waals surface area contributed by atoms with Gasteiger partial charge < -0.3 is 20.1 Å². The molecule has 33 heavy (non-hydrogen) atoms. The SMILES string of the molecule is COc1ccc(C(NC(=O)CCc2ccccc2)NC(=O)CCc2ccccc2)cc1OC. The Morgan fingerprint density at radius 3 is 1.64 bits per heavy atom. The highest BCUT2D eigenvalue weighted by Crippen LogP contribution is 2.29. The van der Waals surface area contributed by atoms with Gasteiger partial charge in [-0.3, -0.25) is 9.59 Å². The van der Waals surface area contributed by atoms with Gasteiger partial charge in [-0.15, -0.1) is 0 Å². The first kappa shape index (κ1) is 23.9. The average molecular weight is 447 g/mol. The molecule has 0 saturated carbocycles. The molecule has 0 aromatic heterocycles. The molecule has 0 saturated heterocycles. The van der Waals surface area contributed by atoms with Crippen LogP contribution in [0.4, 0.5) is 0 Å². The summed E-state index contributed by atoms with van der Waals surface area (Å²) in [5.74, 6) is 0.798. The molecule has 0 aliphatic carbocycles. The predicted octanol–water partition coefficient (Wildman–Crippen LogP) is 4.20. The van der Waals surface area contributed by atoms with E-state index < -0.39 is 6.17 Å². The van der Waals surface area contributed by atoms with E-state index in [0.29, 0.717) is 42.7 Å². The summed E-state index contributed by atoms with van der Waals surface area (Å²) in [5.41, 5.74) is 2.87. The number of benzene rings is 3. The number of ether oxygens (including phenoxy) is 2. The minimum Gasteiger partial charge on any atom is -0.493 e. The lowest BCUT2D eigenvalue weighted by Crippen LogP contribution is -2.41. The van der Waals surface area contributed by atoms with Crippen LogP contribution in [0.1, 0.15) is 35.7 Å². The van der Waals surface area contributed by atoms with Crippen molar-refractivity contribution in [1.82, 2.24) is 10.6 Å². The largest absolute Gasteiger partial charge is 0.493 e. The molecule has 0 bridgehead atoms. The van der Waals surface area contributed by atoms with Crippen LogP contribution in [0.15, 0.2) is 78.9 Å². The molecule has 2 N–H and O–H groups in total. The van der Waals surface area contributed by atoms with Crippen LogP contribution in [-0.4, -0.2) is 26.0 Å². The highest BCUT2D eigenvalue weighted by Gasteiger charge is 2.19. The molecule has 2 amide bonds. The summed E-state index contributed by atoms with van der Waals surface area (Å²) in [6.45, 7) is 0. The zero-order valence-corrected chi connectivity index (χ0v) is 19.0. The molecule has 0 unspecified atom stereocenters. The summed E-state index contributed by atoms with van der Waals surface area (Å²) in [4.78, 5) is 25.4. The molecule has 6 nitrogen and oxygen atoms in total. The van der Waals surface area contributed by atoms with E-state index in [0.717, 1.165) is 11.1 Å². The van der Waals surface area contributed by atoms with Gasteiger partial charge in [0.2, 0.25) is 11.8 Å². The van der Waals surface area contributed by atoms with Crippen LogP contribution in [-0.2, 0) is 22.4 Å². The molecule has 3 aromatic carbocycles. The van der Waals surface area contributed by atoms with Gasteiger partial charge in [-0.25, -0.2) is 0 Å². The van der Waals surface area contributed by atoms with Crippen molar-refractivity contribution in [3.8, 4) is 11.5 Å². The topological polar surface area (TPSA) is 76.7 Å². The van der Waals surface area contributed by atoms with Gasteiger partial charge in [-0.1, -0.05) is 66.7 Å². The van der Waals surface area contributed by atoms with Crippen LogP contribution >= 0.6 is 0 Å². The second-order valence-electron chi connectivity index (χ2n) is 7.65. The first-order chi connectivity index (χ1) is 16.1. The van der Waals surface area contributed by atoms with Crippen LogP contribution in [0.25, 0.3) is 0 Å². The Balaban J connectivity index is 1.69. The molecule has 0 aliphatic heterocycles. The Morgan fingerprint density at radius 2 is 1.18 bits per heavy atom. The molecule has 0 spiro atoms. The quantitative estimate of drug-likeness (QED) is 0.433. The lowest BCUT2D eigenvalue weighted by atomic mass is 10.1. The smallest absolute Gasteiger partial charge is 0.222 e. The normalized spacial score (nSPS) is 10.5. The Kier molecular flexibility index (Phi) is 8.88. The first-order valence-corrected chi connectivity index (χ1v) is 11.0. The van der Waals surface area contributed by atoms with Crippen LogP contribution < -0.4 is 20.1 Å². The van der Waals surface area contributed by atoms with Gasteiger partial charge in [0.1, 0.15) is 6.17 Å². The van der Waals surface area contributed by atoms with E-state index in [9.17, 15) is 9.59 Å². The Labute approximate surface area is 194 Å². The van der Waals surface area contributed by atoms with Crippen LogP contribution in [0.2, 0.25) is 0 Å². The number of hydrogen-bond donors (Lipinski definition) is 2. The van der Waals surface area contributed by atoms with E-state index in [4.69, 9.17) is 9.47 Å². The Hall–Kier alpha value is -3.80. The molecule has 0 heterocycles. The van der Waals surface area contributed by atoms with Crippen molar-refractivity contribution < 1.29 is 19.1 Å². The third-order valence-corrected chi connectivity index (χ3v) is 5.32. The molecule has 0 fully saturated rings. The number of hydrogen-bond acceptors (Lipinski definition) is 4. The zero-order valence-electron chi connectivity index (χ0n) is 19.0. The maximum Gasteiger partial charge on any atom is 0.222 e. The van der Waals surface area contributed by atoms with E-state index in [1.807, 2.05) is 60.7 Å². The Morgan fingerprint density at radius 1 is 0.697 bits per heavy atom. The van der Waals surface area contributed by atoms with Crippen LogP contribution in [0.5, 0.6) is 11.5 Å². The molecule has 6 heteroatoms. The number of nitrogens with one attached hydrogen (secondary N) is 2. The highest BCUT2D eigenvalue weighted by atomic mass is 16.5. The maximum atomic E-state index is 12.7. The highest BCUT2D eigenvalue weighted by molar-refractivity contribution is 5.80. The monoisotopic (exact) mass is 446 g/mol. The number of carbonyl (C=O) groups excluding carboxylic acids is 2. The zero-order chi connectivity index (χ0) is 23.5. The summed E-state index contributed by atoms with van der Waals surface area (Å²) >= 11 is 0. The summed E-state index contributed by atoms with van der Waals surface area (Å²) < 4.78 is 10.7. The van der Waals surface area contributed by atoms with Crippen molar-refractivity contribution in [3.63, 3.8) is 0 Å². The standard InChI is InChI=1S/C27H30N2O4/c1-32-23-16-15-22(19-24(23)33-2)27(28-25(30)17-13-20-9-5-3-6-10-20)29-26(31)18-14-21-11-7-4-8-12-21/h3-12,15-16,19,27H,13-14,17-18H2,1-2H3,(H,28,30)(H,29,31). The van der Waals surface area contributed by atoms with Gasteiger partial charge in [0.15, 0.2) is 11.5 Å². The summed E-state index contributed by atoms with van der Waals surface area (Å²) in [7, 11) is 3.11. The average Bonchev–Trinajstić information content (AvgIpc) is 2.86. The number of aryl methyl sites for hydroxylation is 2. The fraction of sp³-hybridized carbons (Fsp3) is 0.259. The molecule has 172 valence electrons. The van der Waals surface area contributed by atoms with Crippen molar-refractivity contribution in [2.24, 2.45) is 0 Å². The van der Waals surface area contributed by atoms with Gasteiger partial charge in [0, 0.05) is 12.8 Å². The van der Waals surface area contributed by atoms with Gasteiger partial charge in [0.25, 0.3) is 0 Å². The molecule has 3 aromatic rings. The molecule has 0 aliphatic rings. The molecular formula is C27H30N2O4. The first-order valence-electron chi connectivity index (χ1n) is 11.0. The van der Waals surface area contributed by atoms with E-state index in [-0.39, 0.29) is 11.8 Å². The molecule has 3 rings (SSSR count). The third kappa shape index (κ3) is 7.38. The minimum atomic E-state index is -0.684. The van der Waals surface area contributed by atoms with Crippen molar-refractivity contribution in [2.75, 3.05) is 14.2 Å². The second kappa shape index (κ2) is 12.3. The fourth-order valence-electron chi connectivity index (χ4n) is 3.51. The van der Waals surface area contributed by atoms with E-state index in [2.05, 4.69) is 10.6 Å². The van der Waals surface area contributed by atoms with E-state index in [1.54, 1.807) is 32.4 Å². The number of carbonyl (C=O) groups is 2. The van der Waals surface area contributed by atoms with Crippen molar-refractivity contribution >= 4 is 11.8 Å². The second-order valence-corrected chi connectivity index (χ2v) is 7.65. The van der Waals surface area contributed by atoms with Gasteiger partial charge in [-0.2, -0.15) is 0 Å².